The standard InChI is InChI=1S/C17H29N5O4/c1-10(2)6-15(24)22-8-12(20-17(26)19-11(3)4)7-13(22)16(25)21(5)9-14(18)23/h6,11-13H,7-9H2,1-5H3,(H2,18,23)(H2,19,20,26). The Morgan fingerprint density at radius 3 is 2.38 bits per heavy atom. The zero-order chi connectivity index (χ0) is 20.0. The van der Waals surface area contributed by atoms with Gasteiger partial charge >= 0.3 is 6.03 Å². The summed E-state index contributed by atoms with van der Waals surface area (Å²) in [5.74, 6) is -1.32. The number of hydrogen-bond donors (Lipinski definition) is 3. The molecule has 2 atom stereocenters. The quantitative estimate of drug-likeness (QED) is 0.551. The zero-order valence-electron chi connectivity index (χ0n) is 16.0. The summed E-state index contributed by atoms with van der Waals surface area (Å²) in [5.41, 5.74) is 5.95. The minimum Gasteiger partial charge on any atom is -0.368 e. The van der Waals surface area contributed by atoms with Crippen molar-refractivity contribution < 1.29 is 19.2 Å². The predicted molar refractivity (Wildman–Crippen MR) is 97.0 cm³/mol. The number of rotatable bonds is 6. The van der Waals surface area contributed by atoms with Crippen LogP contribution in [0.3, 0.4) is 0 Å². The first kappa shape index (κ1) is 21.5. The number of nitrogens with one attached hydrogen (secondary N) is 2. The van der Waals surface area contributed by atoms with Crippen molar-refractivity contribution in [2.45, 2.75) is 52.2 Å². The number of primary amides is 1. The molecule has 0 saturated carbocycles. The third-order valence-electron chi connectivity index (χ3n) is 3.81. The van der Waals surface area contributed by atoms with E-state index in [9.17, 15) is 19.2 Å². The number of nitrogens with zero attached hydrogens (tertiary/aromatic N) is 2. The fourth-order valence-corrected chi connectivity index (χ4v) is 2.80. The SMILES string of the molecule is CC(C)=CC(=O)N1CC(NC(=O)NC(C)C)CC1C(=O)N(C)CC(N)=O. The number of amides is 5. The van der Waals surface area contributed by atoms with Gasteiger partial charge in [0.25, 0.3) is 0 Å². The van der Waals surface area contributed by atoms with Gasteiger partial charge in [-0.05, 0) is 34.1 Å². The van der Waals surface area contributed by atoms with Crippen LogP contribution in [0.25, 0.3) is 0 Å². The molecule has 2 unspecified atom stereocenters. The lowest BCUT2D eigenvalue weighted by Gasteiger charge is -2.26. The van der Waals surface area contributed by atoms with Crippen LogP contribution in [0.2, 0.25) is 0 Å². The molecule has 4 N–H and O–H groups in total. The Labute approximate surface area is 153 Å². The number of allylic oxidation sites excluding steroid dienone is 1. The zero-order valence-corrected chi connectivity index (χ0v) is 16.0. The van der Waals surface area contributed by atoms with E-state index < -0.39 is 11.9 Å². The largest absolute Gasteiger partial charge is 0.368 e. The van der Waals surface area contributed by atoms with Crippen molar-refractivity contribution in [1.82, 2.24) is 20.4 Å². The molecule has 1 rings (SSSR count). The highest BCUT2D eigenvalue weighted by atomic mass is 16.2. The normalized spacial score (nSPS) is 19.1. The monoisotopic (exact) mass is 367 g/mol. The van der Waals surface area contributed by atoms with Crippen LogP contribution in [0.5, 0.6) is 0 Å². The summed E-state index contributed by atoms with van der Waals surface area (Å²) in [7, 11) is 1.46. The van der Waals surface area contributed by atoms with Crippen LogP contribution >= 0.6 is 0 Å². The second-order valence-electron chi connectivity index (χ2n) is 7.09. The molecule has 0 aromatic rings. The van der Waals surface area contributed by atoms with Gasteiger partial charge in [-0.25, -0.2) is 4.79 Å². The average molecular weight is 367 g/mol. The molecule has 0 radical (unpaired) electrons. The molecule has 1 aliphatic rings. The third kappa shape index (κ3) is 6.38. The Morgan fingerprint density at radius 2 is 1.88 bits per heavy atom. The smallest absolute Gasteiger partial charge is 0.315 e. The fraction of sp³-hybridized carbons (Fsp3) is 0.647. The number of urea groups is 1. The third-order valence-corrected chi connectivity index (χ3v) is 3.81. The Balaban J connectivity index is 2.93. The molecule has 0 aromatic carbocycles. The van der Waals surface area contributed by atoms with Crippen LogP contribution in [0.15, 0.2) is 11.6 Å². The highest BCUT2D eigenvalue weighted by Crippen LogP contribution is 2.21. The summed E-state index contributed by atoms with van der Waals surface area (Å²) in [5, 5.41) is 5.50. The Morgan fingerprint density at radius 1 is 1.27 bits per heavy atom. The van der Waals surface area contributed by atoms with Gasteiger partial charge in [-0.15, -0.1) is 0 Å². The Hall–Kier alpha value is -2.58. The number of carbonyl (C=O) groups excluding carboxylic acids is 4. The molecule has 1 fully saturated rings. The van der Waals surface area contributed by atoms with E-state index in [-0.39, 0.29) is 49.4 Å². The first-order valence-corrected chi connectivity index (χ1v) is 8.57. The van der Waals surface area contributed by atoms with Gasteiger partial charge in [0.2, 0.25) is 17.7 Å². The molecule has 1 heterocycles. The summed E-state index contributed by atoms with van der Waals surface area (Å²) < 4.78 is 0. The number of likely N-dealkylation sites (N-methyl/N-ethyl adjacent to an activating group) is 1. The van der Waals surface area contributed by atoms with E-state index >= 15 is 0 Å². The highest BCUT2D eigenvalue weighted by Gasteiger charge is 2.40. The summed E-state index contributed by atoms with van der Waals surface area (Å²) in [6.45, 7) is 7.24. The molecular formula is C17H29N5O4. The first-order valence-electron chi connectivity index (χ1n) is 8.57. The van der Waals surface area contributed by atoms with Crippen molar-refractivity contribution in [3.8, 4) is 0 Å². The highest BCUT2D eigenvalue weighted by molar-refractivity contribution is 5.95. The number of likely N-dealkylation sites (tertiary alicyclic amines) is 1. The second-order valence-corrected chi connectivity index (χ2v) is 7.09. The van der Waals surface area contributed by atoms with Crippen molar-refractivity contribution in [3.63, 3.8) is 0 Å². The van der Waals surface area contributed by atoms with E-state index in [0.29, 0.717) is 0 Å². The molecule has 1 saturated heterocycles. The number of hydrogen-bond acceptors (Lipinski definition) is 4. The topological polar surface area (TPSA) is 125 Å². The predicted octanol–water partition coefficient (Wildman–Crippen LogP) is -0.427. The number of carbonyl (C=O) groups is 4. The molecule has 5 amide bonds. The molecule has 1 aliphatic heterocycles. The van der Waals surface area contributed by atoms with Gasteiger partial charge in [-0.2, -0.15) is 0 Å². The van der Waals surface area contributed by atoms with E-state index in [0.717, 1.165) is 5.57 Å². The summed E-state index contributed by atoms with van der Waals surface area (Å²) >= 11 is 0. The summed E-state index contributed by atoms with van der Waals surface area (Å²) in [6, 6.07) is -1.50. The number of nitrogens with two attached hydrogens (primary N) is 1. The van der Waals surface area contributed by atoms with E-state index in [1.807, 2.05) is 13.8 Å². The van der Waals surface area contributed by atoms with E-state index in [2.05, 4.69) is 10.6 Å². The van der Waals surface area contributed by atoms with Crippen LogP contribution in [0.4, 0.5) is 4.79 Å². The molecule has 146 valence electrons. The van der Waals surface area contributed by atoms with Gasteiger partial charge in [-0.1, -0.05) is 5.57 Å². The average Bonchev–Trinajstić information content (AvgIpc) is 2.87. The van der Waals surface area contributed by atoms with Crippen LogP contribution in [0, 0.1) is 0 Å². The molecule has 0 aromatic heterocycles. The van der Waals surface area contributed by atoms with Crippen LogP contribution in [-0.4, -0.2) is 71.8 Å². The Bertz CT molecular complexity index is 598. The molecule has 0 aliphatic carbocycles. The van der Waals surface area contributed by atoms with Crippen molar-refractivity contribution in [3.05, 3.63) is 11.6 Å². The molecule has 0 bridgehead atoms. The van der Waals surface area contributed by atoms with Crippen molar-refractivity contribution in [1.29, 1.82) is 0 Å². The molecule has 9 nitrogen and oxygen atoms in total. The van der Waals surface area contributed by atoms with Gasteiger partial charge in [0.15, 0.2) is 0 Å². The summed E-state index contributed by atoms with van der Waals surface area (Å²) in [6.07, 6.45) is 1.72. The van der Waals surface area contributed by atoms with Crippen molar-refractivity contribution >= 4 is 23.8 Å². The van der Waals surface area contributed by atoms with Crippen LogP contribution < -0.4 is 16.4 Å². The van der Waals surface area contributed by atoms with E-state index in [4.69, 9.17) is 5.73 Å². The van der Waals surface area contributed by atoms with Crippen molar-refractivity contribution in [2.75, 3.05) is 20.1 Å². The minimum absolute atomic E-state index is 0.0288. The lowest BCUT2D eigenvalue weighted by molar-refractivity contribution is -0.142. The second kappa shape index (κ2) is 9.21. The van der Waals surface area contributed by atoms with Crippen LogP contribution in [-0.2, 0) is 14.4 Å². The van der Waals surface area contributed by atoms with E-state index in [1.165, 1.54) is 22.9 Å². The van der Waals surface area contributed by atoms with Gasteiger partial charge in [0.05, 0.1) is 12.6 Å². The maximum absolute atomic E-state index is 12.7. The maximum Gasteiger partial charge on any atom is 0.315 e. The van der Waals surface area contributed by atoms with Crippen LogP contribution in [0.1, 0.15) is 34.1 Å². The minimum atomic E-state index is -0.758. The lowest BCUT2D eigenvalue weighted by Crippen LogP contribution is -2.48. The van der Waals surface area contributed by atoms with Gasteiger partial charge in [0, 0.05) is 25.7 Å². The van der Waals surface area contributed by atoms with Gasteiger partial charge < -0.3 is 26.2 Å². The first-order chi connectivity index (χ1) is 12.0. The summed E-state index contributed by atoms with van der Waals surface area (Å²) in [4.78, 5) is 50.8. The molecule has 0 spiro atoms. The van der Waals surface area contributed by atoms with E-state index in [1.54, 1.807) is 13.8 Å². The molecule has 26 heavy (non-hydrogen) atoms. The lowest BCUT2D eigenvalue weighted by atomic mass is 10.1. The Kier molecular flexibility index (Phi) is 7.60. The van der Waals surface area contributed by atoms with Crippen molar-refractivity contribution in [2.24, 2.45) is 5.73 Å². The van der Waals surface area contributed by atoms with Gasteiger partial charge in [0.1, 0.15) is 6.04 Å². The van der Waals surface area contributed by atoms with Gasteiger partial charge in [-0.3, -0.25) is 14.4 Å². The molecule has 9 heteroatoms. The fourth-order valence-electron chi connectivity index (χ4n) is 2.80. The maximum atomic E-state index is 12.7. The molecular weight excluding hydrogens is 338 g/mol.